The van der Waals surface area contributed by atoms with Crippen molar-refractivity contribution in [3.05, 3.63) is 14.6 Å². The Morgan fingerprint density at radius 3 is 3.12 bits per heavy atom. The average molecular weight is 348 g/mol. The SMILES string of the molecule is Cc1csc2c(I)n(C3CCCCO3)nc12. The number of aryl methyl sites for hydroxylation is 1. The second-order valence-corrected chi connectivity index (χ2v) is 6.05. The van der Waals surface area contributed by atoms with Crippen LogP contribution in [0.15, 0.2) is 5.38 Å². The summed E-state index contributed by atoms with van der Waals surface area (Å²) < 4.78 is 10.4. The largest absolute Gasteiger partial charge is 0.356 e. The fourth-order valence-corrected chi connectivity index (χ4v) is 4.04. The van der Waals surface area contributed by atoms with Crippen LogP contribution in [-0.4, -0.2) is 16.4 Å². The lowest BCUT2D eigenvalue weighted by molar-refractivity contribution is -0.0406. The summed E-state index contributed by atoms with van der Waals surface area (Å²) >= 11 is 4.16. The van der Waals surface area contributed by atoms with E-state index >= 15 is 0 Å². The van der Waals surface area contributed by atoms with Crippen LogP contribution in [0.25, 0.3) is 10.2 Å². The highest BCUT2D eigenvalue weighted by Crippen LogP contribution is 2.33. The van der Waals surface area contributed by atoms with Gasteiger partial charge in [-0.1, -0.05) is 0 Å². The van der Waals surface area contributed by atoms with Gasteiger partial charge in [0.1, 0.15) is 9.22 Å². The van der Waals surface area contributed by atoms with Crippen molar-refractivity contribution >= 4 is 44.1 Å². The summed E-state index contributed by atoms with van der Waals surface area (Å²) in [5.74, 6) is 0. The lowest BCUT2D eigenvalue weighted by atomic mass is 10.2. The van der Waals surface area contributed by atoms with E-state index in [4.69, 9.17) is 9.84 Å². The van der Waals surface area contributed by atoms with Crippen molar-refractivity contribution in [3.63, 3.8) is 0 Å². The number of rotatable bonds is 1. The van der Waals surface area contributed by atoms with Crippen molar-refractivity contribution in [1.82, 2.24) is 9.78 Å². The molecule has 3 heterocycles. The number of thiophene rings is 1. The molecule has 1 unspecified atom stereocenters. The topological polar surface area (TPSA) is 27.1 Å². The Morgan fingerprint density at radius 2 is 2.44 bits per heavy atom. The quantitative estimate of drug-likeness (QED) is 0.735. The van der Waals surface area contributed by atoms with E-state index in [1.807, 2.05) is 0 Å². The second kappa shape index (κ2) is 4.27. The van der Waals surface area contributed by atoms with Crippen molar-refractivity contribution in [3.8, 4) is 0 Å². The zero-order valence-electron chi connectivity index (χ0n) is 9.07. The smallest absolute Gasteiger partial charge is 0.151 e. The first-order valence-corrected chi connectivity index (χ1v) is 7.46. The van der Waals surface area contributed by atoms with Crippen LogP contribution in [0.5, 0.6) is 0 Å². The summed E-state index contributed by atoms with van der Waals surface area (Å²) in [6, 6.07) is 0. The highest BCUT2D eigenvalue weighted by molar-refractivity contribution is 14.1. The summed E-state index contributed by atoms with van der Waals surface area (Å²) in [6.45, 7) is 2.99. The molecule has 5 heteroatoms. The first-order valence-electron chi connectivity index (χ1n) is 5.51. The Balaban J connectivity index is 2.05. The van der Waals surface area contributed by atoms with Gasteiger partial charge in [-0.3, -0.25) is 0 Å². The van der Waals surface area contributed by atoms with Crippen LogP contribution in [0.3, 0.4) is 0 Å². The zero-order chi connectivity index (χ0) is 11.1. The summed E-state index contributed by atoms with van der Waals surface area (Å²) in [5, 5.41) is 6.86. The number of aromatic nitrogens is 2. The molecule has 1 aliphatic heterocycles. The third-order valence-electron chi connectivity index (χ3n) is 2.97. The Morgan fingerprint density at radius 1 is 1.56 bits per heavy atom. The second-order valence-electron chi connectivity index (χ2n) is 4.15. The van der Waals surface area contributed by atoms with Crippen LogP contribution in [0.4, 0.5) is 0 Å². The summed E-state index contributed by atoms with van der Waals surface area (Å²) in [5.41, 5.74) is 2.41. The van der Waals surface area contributed by atoms with Crippen molar-refractivity contribution in [2.45, 2.75) is 32.4 Å². The normalized spacial score (nSPS) is 21.8. The molecule has 1 saturated heterocycles. The maximum absolute atomic E-state index is 5.78. The third kappa shape index (κ3) is 1.69. The molecule has 3 nitrogen and oxygen atoms in total. The van der Waals surface area contributed by atoms with E-state index in [2.05, 4.69) is 39.6 Å². The van der Waals surface area contributed by atoms with E-state index in [1.165, 1.54) is 26.8 Å². The fraction of sp³-hybridized carbons (Fsp3) is 0.545. The van der Waals surface area contributed by atoms with Crippen LogP contribution < -0.4 is 0 Å². The Labute approximate surface area is 112 Å². The van der Waals surface area contributed by atoms with Crippen LogP contribution in [-0.2, 0) is 4.74 Å². The van der Waals surface area contributed by atoms with Crippen molar-refractivity contribution in [2.24, 2.45) is 0 Å². The van der Waals surface area contributed by atoms with Gasteiger partial charge in [0.25, 0.3) is 0 Å². The van der Waals surface area contributed by atoms with E-state index in [1.54, 1.807) is 11.3 Å². The van der Waals surface area contributed by atoms with E-state index in [0.29, 0.717) is 0 Å². The number of hydrogen-bond donors (Lipinski definition) is 0. The molecule has 0 aliphatic carbocycles. The van der Waals surface area contributed by atoms with E-state index < -0.39 is 0 Å². The van der Waals surface area contributed by atoms with Crippen molar-refractivity contribution < 1.29 is 4.74 Å². The van der Waals surface area contributed by atoms with Crippen LogP contribution in [0.2, 0.25) is 0 Å². The van der Waals surface area contributed by atoms with Gasteiger partial charge < -0.3 is 4.74 Å². The highest BCUT2D eigenvalue weighted by Gasteiger charge is 2.21. The number of halogens is 1. The number of fused-ring (bicyclic) bond motifs is 1. The molecular formula is C11H13IN2OS. The maximum atomic E-state index is 5.78. The van der Waals surface area contributed by atoms with Gasteiger partial charge in [0.15, 0.2) is 6.23 Å². The number of nitrogens with zero attached hydrogens (tertiary/aromatic N) is 2. The molecule has 0 spiro atoms. The minimum atomic E-state index is 0.152. The Bertz CT molecular complexity index is 513. The van der Waals surface area contributed by atoms with Crippen LogP contribution >= 0.6 is 33.9 Å². The van der Waals surface area contributed by atoms with Crippen molar-refractivity contribution in [2.75, 3.05) is 6.61 Å². The third-order valence-corrected chi connectivity index (χ3v) is 5.46. The number of hydrogen-bond acceptors (Lipinski definition) is 3. The van der Waals surface area contributed by atoms with Crippen LogP contribution in [0, 0.1) is 10.6 Å². The molecule has 0 radical (unpaired) electrons. The molecular weight excluding hydrogens is 335 g/mol. The monoisotopic (exact) mass is 348 g/mol. The lowest BCUT2D eigenvalue weighted by Crippen LogP contribution is -2.20. The highest BCUT2D eigenvalue weighted by atomic mass is 127. The summed E-state index contributed by atoms with van der Waals surface area (Å²) in [7, 11) is 0. The minimum absolute atomic E-state index is 0.152. The first-order chi connectivity index (χ1) is 7.77. The molecule has 2 aromatic rings. The molecule has 0 N–H and O–H groups in total. The van der Waals surface area contributed by atoms with Crippen molar-refractivity contribution in [1.29, 1.82) is 0 Å². The van der Waals surface area contributed by atoms with E-state index in [-0.39, 0.29) is 6.23 Å². The van der Waals surface area contributed by atoms with Gasteiger partial charge in [0, 0.05) is 6.61 Å². The molecule has 2 aromatic heterocycles. The summed E-state index contributed by atoms with van der Waals surface area (Å²) in [4.78, 5) is 0. The van der Waals surface area contributed by atoms with Gasteiger partial charge in [-0.2, -0.15) is 5.10 Å². The van der Waals surface area contributed by atoms with Crippen LogP contribution in [0.1, 0.15) is 31.1 Å². The molecule has 0 amide bonds. The average Bonchev–Trinajstić information content (AvgIpc) is 2.83. The predicted octanol–water partition coefficient (Wildman–Crippen LogP) is 3.71. The molecule has 1 atom stereocenters. The molecule has 0 bridgehead atoms. The fourth-order valence-electron chi connectivity index (χ4n) is 2.07. The molecule has 3 rings (SSSR count). The molecule has 0 aromatic carbocycles. The van der Waals surface area contributed by atoms with Gasteiger partial charge in [-0.25, -0.2) is 4.68 Å². The molecule has 1 fully saturated rings. The van der Waals surface area contributed by atoms with E-state index in [0.717, 1.165) is 18.5 Å². The maximum Gasteiger partial charge on any atom is 0.151 e. The standard InChI is InChI=1S/C11H13IN2OS/c1-7-6-16-10-9(7)13-14(11(10)12)8-4-2-3-5-15-8/h6,8H,2-5H2,1H3. The lowest BCUT2D eigenvalue weighted by Gasteiger charge is -2.23. The zero-order valence-corrected chi connectivity index (χ0v) is 12.0. The minimum Gasteiger partial charge on any atom is -0.356 e. The predicted molar refractivity (Wildman–Crippen MR) is 73.9 cm³/mol. The molecule has 16 heavy (non-hydrogen) atoms. The first kappa shape index (κ1) is 11.0. The molecule has 86 valence electrons. The summed E-state index contributed by atoms with van der Waals surface area (Å²) in [6.07, 6.45) is 3.67. The van der Waals surface area contributed by atoms with Gasteiger partial charge >= 0.3 is 0 Å². The van der Waals surface area contributed by atoms with Gasteiger partial charge in [0.2, 0.25) is 0 Å². The molecule has 0 saturated carbocycles. The van der Waals surface area contributed by atoms with E-state index in [9.17, 15) is 0 Å². The number of ether oxygens (including phenoxy) is 1. The van der Waals surface area contributed by atoms with Gasteiger partial charge in [0.05, 0.1) is 4.70 Å². The van der Waals surface area contributed by atoms with Gasteiger partial charge in [-0.15, -0.1) is 11.3 Å². The van der Waals surface area contributed by atoms with Gasteiger partial charge in [-0.05, 0) is 59.7 Å². The Hall–Kier alpha value is -0.140. The molecule has 1 aliphatic rings. The Kier molecular flexibility index (Phi) is 2.93.